The number of thiophene rings is 1. The number of nitrogens with one attached hydrogen (secondary N) is 1. The van der Waals surface area contributed by atoms with Crippen LogP contribution in [0, 0.1) is 0 Å². The predicted octanol–water partition coefficient (Wildman–Crippen LogP) is 2.30. The van der Waals surface area contributed by atoms with Gasteiger partial charge in [-0.2, -0.15) is 0 Å². The normalized spacial score (nSPS) is 11.2. The first-order valence-electron chi connectivity index (χ1n) is 7.08. The van der Waals surface area contributed by atoms with Crippen molar-refractivity contribution in [2.75, 3.05) is 24.6 Å². The number of aromatic nitrogens is 2. The average Bonchev–Trinajstić information content (AvgIpc) is 2.93. The van der Waals surface area contributed by atoms with E-state index in [1.165, 1.54) is 23.1 Å². The van der Waals surface area contributed by atoms with E-state index in [-0.39, 0.29) is 17.8 Å². The Morgan fingerprint density at radius 3 is 3.09 bits per heavy atom. The Morgan fingerprint density at radius 1 is 1.50 bits per heavy atom. The fourth-order valence-electron chi connectivity index (χ4n) is 1.72. The van der Waals surface area contributed by atoms with Crippen molar-refractivity contribution in [3.05, 3.63) is 11.4 Å². The molecule has 0 aliphatic carbocycles. The molecule has 8 heteroatoms. The van der Waals surface area contributed by atoms with E-state index in [9.17, 15) is 4.79 Å². The summed E-state index contributed by atoms with van der Waals surface area (Å²) < 4.78 is 5.41. The van der Waals surface area contributed by atoms with Gasteiger partial charge in [0.25, 0.3) is 0 Å². The highest BCUT2D eigenvalue weighted by molar-refractivity contribution is 7.99. The van der Waals surface area contributed by atoms with Crippen molar-refractivity contribution in [3.8, 4) is 0 Å². The molecule has 0 radical (unpaired) electrons. The van der Waals surface area contributed by atoms with Crippen molar-refractivity contribution < 1.29 is 9.53 Å². The van der Waals surface area contributed by atoms with Crippen LogP contribution in [0.3, 0.4) is 0 Å². The number of fused-ring (bicyclic) bond motifs is 1. The highest BCUT2D eigenvalue weighted by atomic mass is 32.2. The summed E-state index contributed by atoms with van der Waals surface area (Å²) in [6, 6.07) is 1.90. The molecular formula is C14H20N4O2S2. The van der Waals surface area contributed by atoms with E-state index < -0.39 is 0 Å². The quantitative estimate of drug-likeness (QED) is 0.435. The molecule has 0 aliphatic heterocycles. The minimum atomic E-state index is -0.0389. The largest absolute Gasteiger partial charge is 0.383 e. The highest BCUT2D eigenvalue weighted by Gasteiger charge is 2.09. The summed E-state index contributed by atoms with van der Waals surface area (Å²) in [6.45, 7) is 5.25. The number of carbonyl (C=O) groups is 1. The number of thioether (sulfide) groups is 1. The van der Waals surface area contributed by atoms with E-state index in [4.69, 9.17) is 10.5 Å². The molecule has 0 unspecified atom stereocenters. The van der Waals surface area contributed by atoms with Crippen LogP contribution in [0.25, 0.3) is 10.2 Å². The third-order valence-electron chi connectivity index (χ3n) is 2.76. The van der Waals surface area contributed by atoms with E-state index in [1.54, 1.807) is 0 Å². The van der Waals surface area contributed by atoms with Crippen LogP contribution in [0.2, 0.25) is 0 Å². The number of hydrogen-bond donors (Lipinski definition) is 2. The zero-order chi connectivity index (χ0) is 15.9. The summed E-state index contributed by atoms with van der Waals surface area (Å²) in [5, 5.41) is 6.17. The lowest BCUT2D eigenvalue weighted by atomic mass is 10.4. The van der Waals surface area contributed by atoms with Crippen LogP contribution < -0.4 is 11.1 Å². The van der Waals surface area contributed by atoms with E-state index in [0.29, 0.717) is 24.1 Å². The lowest BCUT2D eigenvalue weighted by Crippen LogP contribution is -2.27. The Balaban J connectivity index is 1.73. The number of rotatable bonds is 8. The number of anilines is 1. The Bertz CT molecular complexity index is 630. The summed E-state index contributed by atoms with van der Waals surface area (Å²) in [5.74, 6) is 0.699. The van der Waals surface area contributed by atoms with Gasteiger partial charge in [0.1, 0.15) is 10.6 Å². The molecule has 0 aromatic carbocycles. The molecule has 3 N–H and O–H groups in total. The average molecular weight is 340 g/mol. The van der Waals surface area contributed by atoms with Gasteiger partial charge in [0.2, 0.25) is 5.91 Å². The maximum Gasteiger partial charge on any atom is 0.230 e. The van der Waals surface area contributed by atoms with E-state index in [1.807, 2.05) is 25.3 Å². The van der Waals surface area contributed by atoms with Gasteiger partial charge in [0, 0.05) is 13.2 Å². The van der Waals surface area contributed by atoms with Crippen molar-refractivity contribution in [1.29, 1.82) is 0 Å². The molecule has 2 rings (SSSR count). The van der Waals surface area contributed by atoms with E-state index >= 15 is 0 Å². The van der Waals surface area contributed by atoms with Crippen molar-refractivity contribution in [2.24, 2.45) is 0 Å². The van der Waals surface area contributed by atoms with Gasteiger partial charge in [-0.3, -0.25) is 4.79 Å². The number of nitrogen functional groups attached to an aromatic ring is 1. The van der Waals surface area contributed by atoms with Gasteiger partial charge < -0.3 is 15.8 Å². The summed E-state index contributed by atoms with van der Waals surface area (Å²) in [7, 11) is 0. The molecule has 120 valence electrons. The van der Waals surface area contributed by atoms with Gasteiger partial charge in [-0.15, -0.1) is 11.3 Å². The minimum Gasteiger partial charge on any atom is -0.383 e. The molecular weight excluding hydrogens is 320 g/mol. The number of hydrogen-bond acceptors (Lipinski definition) is 7. The van der Waals surface area contributed by atoms with Crippen LogP contribution in [-0.4, -0.2) is 40.9 Å². The molecule has 0 aliphatic rings. The van der Waals surface area contributed by atoms with Gasteiger partial charge in [-0.05, 0) is 31.7 Å². The van der Waals surface area contributed by atoms with Crippen LogP contribution in [-0.2, 0) is 9.53 Å². The maximum atomic E-state index is 11.8. The standard InChI is InChI=1S/C14H20N4O2S2/c1-9(2)20-6-3-5-16-11(19)8-22-14-17-12(15)10-4-7-21-13(10)18-14/h4,7,9H,3,5-6,8H2,1-2H3,(H,16,19)(H2,15,17,18). The first kappa shape index (κ1) is 17.0. The number of ether oxygens (including phenoxy) is 1. The van der Waals surface area contributed by atoms with Crippen molar-refractivity contribution in [1.82, 2.24) is 15.3 Å². The Kier molecular flexibility index (Phi) is 6.41. The highest BCUT2D eigenvalue weighted by Crippen LogP contribution is 2.26. The Morgan fingerprint density at radius 2 is 2.32 bits per heavy atom. The van der Waals surface area contributed by atoms with Crippen molar-refractivity contribution in [3.63, 3.8) is 0 Å². The topological polar surface area (TPSA) is 90.1 Å². The smallest absolute Gasteiger partial charge is 0.230 e. The predicted molar refractivity (Wildman–Crippen MR) is 91.3 cm³/mol. The second-order valence-corrected chi connectivity index (χ2v) is 6.78. The molecule has 0 spiro atoms. The van der Waals surface area contributed by atoms with Gasteiger partial charge >= 0.3 is 0 Å². The molecule has 22 heavy (non-hydrogen) atoms. The first-order chi connectivity index (χ1) is 10.6. The molecule has 0 fully saturated rings. The zero-order valence-electron chi connectivity index (χ0n) is 12.7. The van der Waals surface area contributed by atoms with Gasteiger partial charge in [-0.1, -0.05) is 11.8 Å². The second kappa shape index (κ2) is 8.30. The van der Waals surface area contributed by atoms with E-state index in [2.05, 4.69) is 15.3 Å². The molecule has 1 amide bonds. The second-order valence-electron chi connectivity index (χ2n) is 4.94. The SMILES string of the molecule is CC(C)OCCCNC(=O)CSc1nc(N)c2ccsc2n1. The zero-order valence-corrected chi connectivity index (χ0v) is 14.3. The minimum absolute atomic E-state index is 0.0389. The van der Waals surface area contributed by atoms with Gasteiger partial charge in [0.05, 0.1) is 17.2 Å². The number of amides is 1. The Labute approximate surface area is 137 Å². The van der Waals surface area contributed by atoms with Gasteiger partial charge in [-0.25, -0.2) is 9.97 Å². The fourth-order valence-corrected chi connectivity index (χ4v) is 3.23. The molecule has 2 aromatic rings. The monoisotopic (exact) mass is 340 g/mol. The van der Waals surface area contributed by atoms with Crippen LogP contribution in [0.5, 0.6) is 0 Å². The summed E-state index contributed by atoms with van der Waals surface area (Å²) in [4.78, 5) is 21.2. The summed E-state index contributed by atoms with van der Waals surface area (Å²) in [5.41, 5.74) is 5.87. The molecule has 0 bridgehead atoms. The molecule has 6 nitrogen and oxygen atoms in total. The number of carbonyl (C=O) groups excluding carboxylic acids is 1. The summed E-state index contributed by atoms with van der Waals surface area (Å²) in [6.07, 6.45) is 1.03. The summed E-state index contributed by atoms with van der Waals surface area (Å²) >= 11 is 2.80. The third-order valence-corrected chi connectivity index (χ3v) is 4.41. The fraction of sp³-hybridized carbons (Fsp3) is 0.500. The van der Waals surface area contributed by atoms with Crippen molar-refractivity contribution >= 4 is 45.0 Å². The molecule has 0 atom stereocenters. The van der Waals surface area contributed by atoms with Crippen LogP contribution >= 0.6 is 23.1 Å². The Hall–Kier alpha value is -1.38. The van der Waals surface area contributed by atoms with Gasteiger partial charge in [0.15, 0.2) is 5.16 Å². The van der Waals surface area contributed by atoms with Crippen LogP contribution in [0.1, 0.15) is 20.3 Å². The number of nitrogens with two attached hydrogens (primary N) is 1. The van der Waals surface area contributed by atoms with Crippen LogP contribution in [0.4, 0.5) is 5.82 Å². The van der Waals surface area contributed by atoms with Crippen LogP contribution in [0.15, 0.2) is 16.6 Å². The molecule has 0 saturated heterocycles. The number of nitrogens with zero attached hydrogens (tertiary/aromatic N) is 2. The van der Waals surface area contributed by atoms with Crippen molar-refractivity contribution in [2.45, 2.75) is 31.5 Å². The first-order valence-corrected chi connectivity index (χ1v) is 8.94. The molecule has 2 aromatic heterocycles. The maximum absolute atomic E-state index is 11.8. The van der Waals surface area contributed by atoms with E-state index in [0.717, 1.165) is 16.6 Å². The lowest BCUT2D eigenvalue weighted by Gasteiger charge is -2.08. The lowest BCUT2D eigenvalue weighted by molar-refractivity contribution is -0.118. The molecule has 0 saturated carbocycles. The molecule has 2 heterocycles. The third kappa shape index (κ3) is 5.11.